The third-order valence-electron chi connectivity index (χ3n) is 4.39. The van der Waals surface area contributed by atoms with Gasteiger partial charge in [0.1, 0.15) is 0 Å². The number of nitrogens with one attached hydrogen (secondary N) is 1. The molecule has 25 heavy (non-hydrogen) atoms. The van der Waals surface area contributed by atoms with E-state index in [1.54, 1.807) is 0 Å². The molecule has 2 aromatic carbocycles. The number of aliphatic imine (C=N–C) groups is 1. The summed E-state index contributed by atoms with van der Waals surface area (Å²) in [6.45, 7) is 2.38. The predicted octanol–water partition coefficient (Wildman–Crippen LogP) is 3.15. The number of aromatic amines is 1. The number of rotatable bonds is 3. The predicted molar refractivity (Wildman–Crippen MR) is 96.9 cm³/mol. The molecule has 0 unspecified atom stereocenters. The van der Waals surface area contributed by atoms with E-state index >= 15 is 0 Å². The van der Waals surface area contributed by atoms with Crippen LogP contribution in [0.3, 0.4) is 0 Å². The maximum Gasteiger partial charge on any atom is 0.280 e. The van der Waals surface area contributed by atoms with Crippen molar-refractivity contribution in [2.45, 2.75) is 13.5 Å². The summed E-state index contributed by atoms with van der Waals surface area (Å²) in [4.78, 5) is 19.7. The fourth-order valence-electron chi connectivity index (χ4n) is 3.22. The Morgan fingerprint density at radius 2 is 1.84 bits per heavy atom. The van der Waals surface area contributed by atoms with Gasteiger partial charge in [0, 0.05) is 12.1 Å². The minimum absolute atomic E-state index is 0.0470. The van der Waals surface area contributed by atoms with Gasteiger partial charge in [-0.2, -0.15) is 0 Å². The van der Waals surface area contributed by atoms with Gasteiger partial charge in [0.25, 0.3) is 5.91 Å². The Morgan fingerprint density at radius 3 is 2.60 bits per heavy atom. The molecule has 0 bridgehead atoms. The van der Waals surface area contributed by atoms with Gasteiger partial charge in [-0.1, -0.05) is 42.0 Å². The van der Waals surface area contributed by atoms with Crippen LogP contribution in [-0.2, 0) is 6.54 Å². The van der Waals surface area contributed by atoms with Crippen molar-refractivity contribution in [3.8, 4) is 17.1 Å². The van der Waals surface area contributed by atoms with Crippen molar-refractivity contribution in [2.75, 3.05) is 0 Å². The van der Waals surface area contributed by atoms with Gasteiger partial charge in [-0.25, -0.2) is 4.99 Å². The fourth-order valence-corrected chi connectivity index (χ4v) is 3.22. The third kappa shape index (κ3) is 2.45. The van der Waals surface area contributed by atoms with E-state index in [1.807, 2.05) is 55.5 Å². The minimum Gasteiger partial charge on any atom is -0.494 e. The molecule has 1 aliphatic heterocycles. The molecular formula is C20H17N3O2. The zero-order chi connectivity index (χ0) is 17.6. The van der Waals surface area contributed by atoms with E-state index in [0.29, 0.717) is 29.1 Å². The highest BCUT2D eigenvalue weighted by Crippen LogP contribution is 2.38. The maximum atomic E-state index is 12.6. The summed E-state index contributed by atoms with van der Waals surface area (Å²) in [5.74, 6) is -0.398. The number of hydrogen-bond donors (Lipinski definition) is 3. The Balaban J connectivity index is 1.88. The Morgan fingerprint density at radius 1 is 1.08 bits per heavy atom. The quantitative estimate of drug-likeness (QED) is 0.688. The topological polar surface area (TPSA) is 91.5 Å². The fraction of sp³-hybridized carbons (Fsp3) is 0.100. The molecule has 4 N–H and O–H groups in total. The molecule has 124 valence electrons. The van der Waals surface area contributed by atoms with E-state index in [4.69, 9.17) is 5.73 Å². The van der Waals surface area contributed by atoms with Crippen LogP contribution in [0.2, 0.25) is 0 Å². The van der Waals surface area contributed by atoms with Crippen LogP contribution in [0.15, 0.2) is 53.5 Å². The van der Waals surface area contributed by atoms with Crippen molar-refractivity contribution in [1.29, 1.82) is 0 Å². The molecule has 5 nitrogen and oxygen atoms in total. The van der Waals surface area contributed by atoms with Crippen molar-refractivity contribution in [3.05, 3.63) is 76.3 Å². The molecule has 0 fully saturated rings. The van der Waals surface area contributed by atoms with Crippen LogP contribution < -0.4 is 5.73 Å². The largest absolute Gasteiger partial charge is 0.494 e. The maximum absolute atomic E-state index is 12.6. The van der Waals surface area contributed by atoms with Crippen LogP contribution in [0.25, 0.3) is 11.3 Å². The summed E-state index contributed by atoms with van der Waals surface area (Å²) in [5.41, 5.74) is 11.3. The lowest BCUT2D eigenvalue weighted by atomic mass is 9.98. The summed E-state index contributed by atoms with van der Waals surface area (Å²) in [7, 11) is 0. The number of aryl methyl sites for hydroxylation is 1. The molecule has 1 amide bonds. The molecule has 0 saturated carbocycles. The lowest BCUT2D eigenvalue weighted by Crippen LogP contribution is -2.03. The van der Waals surface area contributed by atoms with Gasteiger partial charge in [0.15, 0.2) is 5.88 Å². The summed E-state index contributed by atoms with van der Waals surface area (Å²) in [6, 6.07) is 15.3. The molecule has 1 aliphatic rings. The van der Waals surface area contributed by atoms with E-state index in [-0.39, 0.29) is 11.8 Å². The number of nitrogens with zero attached hydrogens (tertiary/aromatic N) is 1. The molecular weight excluding hydrogens is 314 g/mol. The summed E-state index contributed by atoms with van der Waals surface area (Å²) >= 11 is 0. The molecule has 5 heteroatoms. The van der Waals surface area contributed by atoms with Crippen LogP contribution in [0.4, 0.5) is 0 Å². The molecule has 0 spiro atoms. The number of fused-ring (bicyclic) bond motifs is 1. The van der Waals surface area contributed by atoms with Crippen LogP contribution in [0.1, 0.15) is 32.6 Å². The number of hydrogen-bond acceptors (Lipinski definition) is 3. The van der Waals surface area contributed by atoms with Crippen LogP contribution >= 0.6 is 0 Å². The first-order chi connectivity index (χ1) is 12.1. The van der Waals surface area contributed by atoms with Crippen LogP contribution in [0, 0.1) is 6.92 Å². The molecule has 0 saturated heterocycles. The van der Waals surface area contributed by atoms with Gasteiger partial charge in [-0.15, -0.1) is 0 Å². The first kappa shape index (κ1) is 15.4. The monoisotopic (exact) mass is 331 g/mol. The lowest BCUT2D eigenvalue weighted by molar-refractivity contribution is 0.101. The second-order valence-electron chi connectivity index (χ2n) is 6.14. The highest BCUT2D eigenvalue weighted by Gasteiger charge is 2.33. The molecule has 0 aliphatic carbocycles. The van der Waals surface area contributed by atoms with Crippen molar-refractivity contribution in [3.63, 3.8) is 0 Å². The van der Waals surface area contributed by atoms with Gasteiger partial charge in [0.05, 0.1) is 22.5 Å². The third-order valence-corrected chi connectivity index (χ3v) is 4.39. The number of H-pyrrole nitrogens is 1. The Labute approximate surface area is 144 Å². The standard InChI is InChI=1S/C20H17N3O2/c1-11-4-2-6-13(8-11)17-15-16(20(25)22-17)18(23-19(15)24)14-7-3-5-12(9-14)10-21/h2-9,22,25H,10,21H2,1H3. The number of amides is 1. The van der Waals surface area contributed by atoms with E-state index < -0.39 is 0 Å². The molecule has 4 rings (SSSR count). The van der Waals surface area contributed by atoms with E-state index in [9.17, 15) is 9.90 Å². The van der Waals surface area contributed by atoms with E-state index in [0.717, 1.165) is 22.3 Å². The number of carbonyl (C=O) groups excluding carboxylic acids is 1. The number of aromatic hydroxyl groups is 1. The van der Waals surface area contributed by atoms with Crippen molar-refractivity contribution in [2.24, 2.45) is 10.7 Å². The SMILES string of the molecule is Cc1cccc(-c2[nH]c(O)c3c2C(=O)N=C3c2cccc(CN)c2)c1. The van der Waals surface area contributed by atoms with Gasteiger partial charge in [-0.3, -0.25) is 4.79 Å². The van der Waals surface area contributed by atoms with E-state index in [2.05, 4.69) is 9.98 Å². The number of benzene rings is 2. The highest BCUT2D eigenvalue weighted by molar-refractivity contribution is 6.30. The summed E-state index contributed by atoms with van der Waals surface area (Å²) < 4.78 is 0. The second kappa shape index (κ2) is 5.72. The van der Waals surface area contributed by atoms with E-state index in [1.165, 1.54) is 0 Å². The smallest absolute Gasteiger partial charge is 0.280 e. The zero-order valence-corrected chi connectivity index (χ0v) is 13.7. The number of nitrogens with two attached hydrogens (primary N) is 1. The lowest BCUT2D eigenvalue weighted by Gasteiger charge is -2.04. The van der Waals surface area contributed by atoms with Crippen molar-refractivity contribution in [1.82, 2.24) is 4.98 Å². The summed E-state index contributed by atoms with van der Waals surface area (Å²) in [5, 5.41) is 10.4. The van der Waals surface area contributed by atoms with Gasteiger partial charge < -0.3 is 15.8 Å². The van der Waals surface area contributed by atoms with Crippen molar-refractivity contribution < 1.29 is 9.90 Å². The molecule has 1 aromatic heterocycles. The minimum atomic E-state index is -0.351. The van der Waals surface area contributed by atoms with Crippen LogP contribution in [0.5, 0.6) is 5.88 Å². The Hall–Kier alpha value is -3.18. The van der Waals surface area contributed by atoms with Gasteiger partial charge >= 0.3 is 0 Å². The Kier molecular flexibility index (Phi) is 3.51. The number of aromatic nitrogens is 1. The zero-order valence-electron chi connectivity index (χ0n) is 13.7. The average Bonchev–Trinajstić information content (AvgIpc) is 3.14. The second-order valence-corrected chi connectivity index (χ2v) is 6.14. The first-order valence-corrected chi connectivity index (χ1v) is 8.03. The molecule has 2 heterocycles. The van der Waals surface area contributed by atoms with Crippen LogP contribution in [-0.4, -0.2) is 21.7 Å². The molecule has 0 atom stereocenters. The molecule has 3 aromatic rings. The molecule has 0 radical (unpaired) electrons. The average molecular weight is 331 g/mol. The van der Waals surface area contributed by atoms with Crippen molar-refractivity contribution >= 4 is 11.6 Å². The normalized spacial score (nSPS) is 13.0. The Bertz CT molecular complexity index is 1030. The first-order valence-electron chi connectivity index (χ1n) is 8.03. The van der Waals surface area contributed by atoms with Gasteiger partial charge in [-0.05, 0) is 30.2 Å². The highest BCUT2D eigenvalue weighted by atomic mass is 16.3. The van der Waals surface area contributed by atoms with Gasteiger partial charge in [0.2, 0.25) is 0 Å². The summed E-state index contributed by atoms with van der Waals surface area (Å²) in [6.07, 6.45) is 0. The number of carbonyl (C=O) groups is 1.